The zero-order chi connectivity index (χ0) is 39.5. The average Bonchev–Trinajstić information content (AvgIpc) is 3.52. The fraction of sp³-hybridized carbons (Fsp3) is 0.0526. The Morgan fingerprint density at radius 1 is 0.305 bits per heavy atom. The Kier molecular flexibility index (Phi) is 8.20. The van der Waals surface area contributed by atoms with Gasteiger partial charge >= 0.3 is 0 Å². The number of hydrogen-bond donors (Lipinski definition) is 0. The number of aromatic nitrogens is 2. The lowest BCUT2D eigenvalue weighted by atomic mass is 9.81. The predicted octanol–water partition coefficient (Wildman–Crippen LogP) is 15.1. The molecule has 9 aromatic carbocycles. The van der Waals surface area contributed by atoms with E-state index < -0.39 is 0 Å². The second-order valence-corrected chi connectivity index (χ2v) is 16.2. The van der Waals surface area contributed by atoms with Crippen molar-refractivity contribution in [2.45, 2.75) is 19.3 Å². The Morgan fingerprint density at radius 2 is 0.797 bits per heavy atom. The van der Waals surface area contributed by atoms with Gasteiger partial charge < -0.3 is 0 Å². The molecule has 1 aliphatic carbocycles. The van der Waals surface area contributed by atoms with Gasteiger partial charge in [0.05, 0.1) is 11.4 Å². The van der Waals surface area contributed by atoms with E-state index in [1.165, 1.54) is 66.2 Å². The molecule has 10 aromatic rings. The van der Waals surface area contributed by atoms with Crippen molar-refractivity contribution < 1.29 is 0 Å². The zero-order valence-electron chi connectivity index (χ0n) is 33.0. The Labute approximate surface area is 345 Å². The maximum atomic E-state index is 5.31. The normalized spacial score (nSPS) is 12.7. The van der Waals surface area contributed by atoms with Gasteiger partial charge in [-0.2, -0.15) is 0 Å². The summed E-state index contributed by atoms with van der Waals surface area (Å²) in [7, 11) is 0. The van der Waals surface area contributed by atoms with Crippen LogP contribution >= 0.6 is 0 Å². The highest BCUT2D eigenvalue weighted by molar-refractivity contribution is 6.05. The van der Waals surface area contributed by atoms with Gasteiger partial charge in [0.15, 0.2) is 5.82 Å². The van der Waals surface area contributed by atoms with Crippen molar-refractivity contribution in [2.75, 3.05) is 0 Å². The molecule has 278 valence electrons. The minimum absolute atomic E-state index is 0.0776. The molecule has 0 saturated heterocycles. The van der Waals surface area contributed by atoms with Gasteiger partial charge in [-0.05, 0) is 114 Å². The third-order valence-corrected chi connectivity index (χ3v) is 12.3. The number of benzene rings is 9. The summed E-state index contributed by atoms with van der Waals surface area (Å²) < 4.78 is 0. The lowest BCUT2D eigenvalue weighted by Gasteiger charge is -2.22. The minimum Gasteiger partial charge on any atom is -0.228 e. The predicted molar refractivity (Wildman–Crippen MR) is 247 cm³/mol. The molecule has 0 bridgehead atoms. The second-order valence-electron chi connectivity index (χ2n) is 16.2. The standard InChI is InChI=1S/C57H40N2/c1-57(2)52-31-28-45(34-50(52)51-33-43-18-9-10-19-44(43)35-53(51)57)46-29-30-49(48-23-12-11-22-47(46)48)56-58-54(39-16-7-4-8-17-39)36-55(59-56)40-26-24-38(25-27-40)42-21-13-20-41(32-42)37-14-5-3-6-15-37/h3-36H,1-2H3. The van der Waals surface area contributed by atoms with Gasteiger partial charge in [-0.3, -0.25) is 0 Å². The molecule has 0 N–H and O–H groups in total. The number of rotatable bonds is 6. The lowest BCUT2D eigenvalue weighted by Crippen LogP contribution is -2.14. The highest BCUT2D eigenvalue weighted by Gasteiger charge is 2.36. The summed E-state index contributed by atoms with van der Waals surface area (Å²) in [6, 6.07) is 74.3. The molecule has 0 radical (unpaired) electrons. The van der Waals surface area contributed by atoms with E-state index in [9.17, 15) is 0 Å². The molecule has 0 unspecified atom stereocenters. The van der Waals surface area contributed by atoms with Crippen molar-refractivity contribution in [1.82, 2.24) is 9.97 Å². The van der Waals surface area contributed by atoms with E-state index in [0.717, 1.165) is 39.0 Å². The Bertz CT molecular complexity index is 3220. The smallest absolute Gasteiger partial charge is 0.161 e. The van der Waals surface area contributed by atoms with Crippen molar-refractivity contribution in [3.05, 3.63) is 217 Å². The van der Waals surface area contributed by atoms with Crippen LogP contribution in [0.4, 0.5) is 0 Å². The monoisotopic (exact) mass is 752 g/mol. The Hall–Kier alpha value is -7.42. The van der Waals surface area contributed by atoms with Gasteiger partial charge in [0.25, 0.3) is 0 Å². The van der Waals surface area contributed by atoms with Crippen LogP contribution in [0.1, 0.15) is 25.0 Å². The van der Waals surface area contributed by atoms with Crippen LogP contribution in [0.3, 0.4) is 0 Å². The first kappa shape index (κ1) is 34.8. The van der Waals surface area contributed by atoms with E-state index in [0.29, 0.717) is 5.82 Å². The van der Waals surface area contributed by atoms with E-state index in [1.54, 1.807) is 0 Å². The van der Waals surface area contributed by atoms with Gasteiger partial charge in [-0.15, -0.1) is 0 Å². The second kappa shape index (κ2) is 13.9. The maximum Gasteiger partial charge on any atom is 0.161 e. The van der Waals surface area contributed by atoms with Crippen LogP contribution in [0.25, 0.3) is 100.0 Å². The van der Waals surface area contributed by atoms with Crippen LogP contribution in [0.5, 0.6) is 0 Å². The fourth-order valence-corrected chi connectivity index (χ4v) is 9.17. The zero-order valence-corrected chi connectivity index (χ0v) is 33.0. The Morgan fingerprint density at radius 3 is 1.49 bits per heavy atom. The largest absolute Gasteiger partial charge is 0.228 e. The van der Waals surface area contributed by atoms with Gasteiger partial charge in [0.2, 0.25) is 0 Å². The third kappa shape index (κ3) is 6.04. The fourth-order valence-electron chi connectivity index (χ4n) is 9.17. The molecule has 0 fully saturated rings. The molecule has 2 heteroatoms. The number of nitrogens with zero attached hydrogens (tertiary/aromatic N) is 2. The van der Waals surface area contributed by atoms with E-state index >= 15 is 0 Å². The molecule has 1 aromatic heterocycles. The molecule has 59 heavy (non-hydrogen) atoms. The minimum atomic E-state index is -0.0776. The van der Waals surface area contributed by atoms with Crippen molar-refractivity contribution >= 4 is 21.5 Å². The van der Waals surface area contributed by atoms with Crippen molar-refractivity contribution in [3.63, 3.8) is 0 Å². The van der Waals surface area contributed by atoms with Crippen LogP contribution < -0.4 is 0 Å². The van der Waals surface area contributed by atoms with Crippen molar-refractivity contribution in [2.24, 2.45) is 0 Å². The van der Waals surface area contributed by atoms with Gasteiger partial charge in [0, 0.05) is 22.1 Å². The molecule has 0 atom stereocenters. The highest BCUT2D eigenvalue weighted by Crippen LogP contribution is 2.51. The number of hydrogen-bond acceptors (Lipinski definition) is 2. The van der Waals surface area contributed by atoms with Crippen LogP contribution in [0, 0.1) is 0 Å². The first-order valence-electron chi connectivity index (χ1n) is 20.4. The van der Waals surface area contributed by atoms with E-state index in [2.05, 4.69) is 214 Å². The molecule has 1 heterocycles. The first-order chi connectivity index (χ1) is 29.0. The summed E-state index contributed by atoms with van der Waals surface area (Å²) in [5, 5.41) is 4.87. The Balaban J connectivity index is 1.01. The summed E-state index contributed by atoms with van der Waals surface area (Å²) in [5.74, 6) is 0.709. The molecule has 2 nitrogen and oxygen atoms in total. The average molecular weight is 753 g/mol. The molecule has 1 aliphatic rings. The lowest BCUT2D eigenvalue weighted by molar-refractivity contribution is 0.661. The summed E-state index contributed by atoms with van der Waals surface area (Å²) in [4.78, 5) is 10.6. The van der Waals surface area contributed by atoms with Gasteiger partial charge in [-0.25, -0.2) is 9.97 Å². The molecule has 11 rings (SSSR count). The quantitative estimate of drug-likeness (QED) is 0.169. The summed E-state index contributed by atoms with van der Waals surface area (Å²) >= 11 is 0. The summed E-state index contributed by atoms with van der Waals surface area (Å²) in [5.41, 5.74) is 17.4. The van der Waals surface area contributed by atoms with Crippen LogP contribution in [-0.4, -0.2) is 9.97 Å². The molecule has 0 aliphatic heterocycles. The molecular weight excluding hydrogens is 713 g/mol. The van der Waals surface area contributed by atoms with Crippen molar-refractivity contribution in [1.29, 1.82) is 0 Å². The highest BCUT2D eigenvalue weighted by atomic mass is 14.9. The van der Waals surface area contributed by atoms with Gasteiger partial charge in [0.1, 0.15) is 0 Å². The SMILES string of the molecule is CC1(C)c2ccc(-c3ccc(-c4nc(-c5ccccc5)cc(-c5ccc(-c6cccc(-c7ccccc7)c6)cc5)n4)c4ccccc34)cc2-c2cc3ccccc3cc21. The van der Waals surface area contributed by atoms with E-state index in [4.69, 9.17) is 9.97 Å². The number of fused-ring (bicyclic) bond motifs is 5. The topological polar surface area (TPSA) is 25.8 Å². The third-order valence-electron chi connectivity index (χ3n) is 12.3. The first-order valence-corrected chi connectivity index (χ1v) is 20.4. The maximum absolute atomic E-state index is 5.31. The van der Waals surface area contributed by atoms with Crippen LogP contribution in [-0.2, 0) is 5.41 Å². The van der Waals surface area contributed by atoms with E-state index in [-0.39, 0.29) is 5.41 Å². The van der Waals surface area contributed by atoms with Crippen LogP contribution in [0.2, 0.25) is 0 Å². The summed E-state index contributed by atoms with van der Waals surface area (Å²) in [6.07, 6.45) is 0. The molecule has 0 saturated carbocycles. The van der Waals surface area contributed by atoms with Crippen LogP contribution in [0.15, 0.2) is 206 Å². The molecule has 0 spiro atoms. The molecule has 0 amide bonds. The summed E-state index contributed by atoms with van der Waals surface area (Å²) in [6.45, 7) is 4.71. The van der Waals surface area contributed by atoms with Crippen molar-refractivity contribution in [3.8, 4) is 78.4 Å². The van der Waals surface area contributed by atoms with Gasteiger partial charge in [-0.1, -0.05) is 184 Å². The molecular formula is C57H40N2. The van der Waals surface area contributed by atoms with E-state index in [1.807, 2.05) is 6.07 Å².